The van der Waals surface area contributed by atoms with Gasteiger partial charge in [0.1, 0.15) is 5.58 Å². The van der Waals surface area contributed by atoms with Crippen LogP contribution in [0.2, 0.25) is 0 Å². The summed E-state index contributed by atoms with van der Waals surface area (Å²) >= 11 is 0. The zero-order valence-electron chi connectivity index (χ0n) is 11.5. The molecule has 0 unspecified atom stereocenters. The number of ether oxygens (including phenoxy) is 1. The minimum atomic E-state index is -0.606. The van der Waals surface area contributed by atoms with Gasteiger partial charge in [-0.05, 0) is 29.8 Å². The number of methoxy groups -OCH3 is 1. The lowest BCUT2D eigenvalue weighted by Gasteiger charge is -2.07. The first-order valence-corrected chi connectivity index (χ1v) is 6.37. The largest absolute Gasteiger partial charge is 0.504 e. The summed E-state index contributed by atoms with van der Waals surface area (Å²) in [4.78, 5) is 12.1. The number of hydrogen-bond donors (Lipinski definition) is 3. The Balaban J connectivity index is 2.25. The highest BCUT2D eigenvalue weighted by atomic mass is 16.5. The third-order valence-corrected chi connectivity index (χ3v) is 3.32. The van der Waals surface area contributed by atoms with Gasteiger partial charge in [0, 0.05) is 11.5 Å². The molecule has 6 nitrogen and oxygen atoms in total. The lowest BCUT2D eigenvalue weighted by Crippen LogP contribution is -2.02. The number of phenolic OH excluding ortho intramolecular Hbond substituents is 3. The summed E-state index contributed by atoms with van der Waals surface area (Å²) in [5.74, 6) is -0.491. The van der Waals surface area contributed by atoms with E-state index in [0.29, 0.717) is 10.9 Å². The van der Waals surface area contributed by atoms with Gasteiger partial charge in [-0.15, -0.1) is 0 Å². The van der Waals surface area contributed by atoms with Crippen molar-refractivity contribution < 1.29 is 24.5 Å². The fourth-order valence-electron chi connectivity index (χ4n) is 2.19. The van der Waals surface area contributed by atoms with Crippen molar-refractivity contribution in [2.24, 2.45) is 0 Å². The minimum Gasteiger partial charge on any atom is -0.504 e. The van der Waals surface area contributed by atoms with Crippen LogP contribution < -0.4 is 10.4 Å². The van der Waals surface area contributed by atoms with Gasteiger partial charge in [0.05, 0.1) is 12.7 Å². The van der Waals surface area contributed by atoms with Crippen molar-refractivity contribution in [3.63, 3.8) is 0 Å². The maximum atomic E-state index is 12.1. The SMILES string of the molecule is COc1cc(-c2cc3cc(O)c(O)cc3oc2=O)ccc1O. The van der Waals surface area contributed by atoms with Crippen LogP contribution in [-0.2, 0) is 0 Å². The van der Waals surface area contributed by atoms with Crippen LogP contribution in [0.1, 0.15) is 0 Å². The molecule has 0 fully saturated rings. The summed E-state index contributed by atoms with van der Waals surface area (Å²) < 4.78 is 10.2. The second-order valence-corrected chi connectivity index (χ2v) is 4.71. The third kappa shape index (κ3) is 2.20. The molecule has 3 aromatic rings. The predicted molar refractivity (Wildman–Crippen MR) is 79.5 cm³/mol. The van der Waals surface area contributed by atoms with Gasteiger partial charge in [0.2, 0.25) is 0 Å². The van der Waals surface area contributed by atoms with Crippen LogP contribution in [0, 0.1) is 0 Å². The van der Waals surface area contributed by atoms with Crippen LogP contribution in [0.3, 0.4) is 0 Å². The van der Waals surface area contributed by atoms with E-state index in [1.165, 1.54) is 37.4 Å². The Morgan fingerprint density at radius 1 is 0.955 bits per heavy atom. The van der Waals surface area contributed by atoms with Gasteiger partial charge in [0.15, 0.2) is 23.0 Å². The highest BCUT2D eigenvalue weighted by molar-refractivity contribution is 5.84. The molecule has 1 heterocycles. The lowest BCUT2D eigenvalue weighted by molar-refractivity contribution is 0.373. The van der Waals surface area contributed by atoms with Crippen molar-refractivity contribution in [1.82, 2.24) is 0 Å². The zero-order valence-corrected chi connectivity index (χ0v) is 11.5. The van der Waals surface area contributed by atoms with Crippen molar-refractivity contribution in [3.8, 4) is 34.1 Å². The second kappa shape index (κ2) is 5.00. The van der Waals surface area contributed by atoms with Crippen LogP contribution in [0.5, 0.6) is 23.0 Å². The van der Waals surface area contributed by atoms with Crippen molar-refractivity contribution in [2.45, 2.75) is 0 Å². The van der Waals surface area contributed by atoms with Crippen molar-refractivity contribution >= 4 is 11.0 Å². The average molecular weight is 300 g/mol. The number of benzene rings is 2. The fourth-order valence-corrected chi connectivity index (χ4v) is 2.19. The van der Waals surface area contributed by atoms with Gasteiger partial charge in [-0.3, -0.25) is 0 Å². The molecule has 0 saturated heterocycles. The molecule has 0 bridgehead atoms. The highest BCUT2D eigenvalue weighted by Crippen LogP contribution is 2.33. The third-order valence-electron chi connectivity index (χ3n) is 3.32. The van der Waals surface area contributed by atoms with E-state index in [1.54, 1.807) is 6.07 Å². The smallest absolute Gasteiger partial charge is 0.344 e. The van der Waals surface area contributed by atoms with E-state index in [-0.39, 0.29) is 34.1 Å². The summed E-state index contributed by atoms with van der Waals surface area (Å²) in [7, 11) is 1.41. The van der Waals surface area contributed by atoms with Crippen molar-refractivity contribution in [1.29, 1.82) is 0 Å². The molecule has 3 N–H and O–H groups in total. The van der Waals surface area contributed by atoms with Crippen molar-refractivity contribution in [2.75, 3.05) is 7.11 Å². The number of hydrogen-bond acceptors (Lipinski definition) is 6. The normalized spacial score (nSPS) is 10.8. The Bertz CT molecular complexity index is 926. The zero-order chi connectivity index (χ0) is 15.9. The van der Waals surface area contributed by atoms with E-state index in [9.17, 15) is 20.1 Å². The maximum Gasteiger partial charge on any atom is 0.344 e. The molecule has 0 aliphatic rings. The van der Waals surface area contributed by atoms with Gasteiger partial charge in [-0.1, -0.05) is 6.07 Å². The van der Waals surface area contributed by atoms with Crippen molar-refractivity contribution in [3.05, 3.63) is 46.8 Å². The van der Waals surface area contributed by atoms with Gasteiger partial charge >= 0.3 is 5.63 Å². The molecule has 0 spiro atoms. The molecule has 22 heavy (non-hydrogen) atoms. The maximum absolute atomic E-state index is 12.1. The Kier molecular flexibility index (Phi) is 3.14. The van der Waals surface area contributed by atoms with Gasteiger partial charge in [-0.2, -0.15) is 0 Å². The summed E-state index contributed by atoms with van der Waals surface area (Å²) in [6, 6.07) is 8.48. The van der Waals surface area contributed by atoms with Crippen LogP contribution in [0.4, 0.5) is 0 Å². The predicted octanol–water partition coefficient (Wildman–Crippen LogP) is 2.59. The Labute approximate surface area is 124 Å². The summed E-state index contributed by atoms with van der Waals surface area (Å²) in [5.41, 5.74) is 0.300. The van der Waals surface area contributed by atoms with Crippen LogP contribution in [-0.4, -0.2) is 22.4 Å². The molecule has 0 radical (unpaired) electrons. The summed E-state index contributed by atoms with van der Waals surface area (Å²) in [6.07, 6.45) is 0. The first kappa shape index (κ1) is 13.8. The Morgan fingerprint density at radius 2 is 1.68 bits per heavy atom. The van der Waals surface area contributed by atoms with E-state index in [2.05, 4.69) is 0 Å². The molecule has 1 aromatic heterocycles. The number of rotatable bonds is 2. The molecule has 0 saturated carbocycles. The number of aromatic hydroxyl groups is 3. The van der Waals surface area contributed by atoms with E-state index >= 15 is 0 Å². The quantitative estimate of drug-likeness (QED) is 0.497. The number of phenols is 3. The second-order valence-electron chi connectivity index (χ2n) is 4.71. The average Bonchev–Trinajstić information content (AvgIpc) is 2.49. The van der Waals surface area contributed by atoms with Gasteiger partial charge < -0.3 is 24.5 Å². The van der Waals surface area contributed by atoms with E-state index in [4.69, 9.17) is 9.15 Å². The topological polar surface area (TPSA) is 100 Å². The fraction of sp³-hybridized carbons (Fsp3) is 0.0625. The Morgan fingerprint density at radius 3 is 2.41 bits per heavy atom. The monoisotopic (exact) mass is 300 g/mol. The highest BCUT2D eigenvalue weighted by Gasteiger charge is 2.12. The van der Waals surface area contributed by atoms with Crippen LogP contribution >= 0.6 is 0 Å². The molecule has 0 aliphatic heterocycles. The van der Waals surface area contributed by atoms with Crippen LogP contribution in [0.25, 0.3) is 22.1 Å². The molecule has 3 rings (SSSR count). The molecule has 0 atom stereocenters. The van der Waals surface area contributed by atoms with E-state index in [0.717, 1.165) is 0 Å². The number of fused-ring (bicyclic) bond motifs is 1. The molecule has 6 heteroatoms. The molecule has 112 valence electrons. The van der Waals surface area contributed by atoms with Gasteiger partial charge in [-0.25, -0.2) is 4.79 Å². The molecular weight excluding hydrogens is 288 g/mol. The minimum absolute atomic E-state index is 0.0426. The molecule has 0 aliphatic carbocycles. The lowest BCUT2D eigenvalue weighted by atomic mass is 10.1. The first-order chi connectivity index (χ1) is 10.5. The molecule has 0 amide bonds. The van der Waals surface area contributed by atoms with Crippen LogP contribution in [0.15, 0.2) is 45.6 Å². The van der Waals surface area contributed by atoms with E-state index < -0.39 is 5.63 Å². The molecule has 2 aromatic carbocycles. The molecular formula is C16H12O6. The Hall–Kier alpha value is -3.15. The van der Waals surface area contributed by atoms with E-state index in [1.807, 2.05) is 0 Å². The first-order valence-electron chi connectivity index (χ1n) is 6.37. The summed E-state index contributed by atoms with van der Waals surface area (Å²) in [5, 5.41) is 29.0. The summed E-state index contributed by atoms with van der Waals surface area (Å²) in [6.45, 7) is 0. The van der Waals surface area contributed by atoms with Gasteiger partial charge in [0.25, 0.3) is 0 Å². The standard InChI is InChI=1S/C16H12O6/c1-21-15-6-8(2-3-11(15)17)10-4-9-5-12(18)13(19)7-14(9)22-16(10)20/h2-7,17-19H,1H3.